The monoisotopic (exact) mass is 343 g/mol. The smallest absolute Gasteiger partial charge is 0.270 e. The maximum absolute atomic E-state index is 12.4. The van der Waals surface area contributed by atoms with E-state index in [9.17, 15) is 14.9 Å². The number of nitro benzene ring substituents is 1. The molecule has 0 aromatic heterocycles. The van der Waals surface area contributed by atoms with E-state index in [1.54, 1.807) is 25.1 Å². The summed E-state index contributed by atoms with van der Waals surface area (Å²) < 4.78 is 5.58. The van der Waals surface area contributed by atoms with Crippen molar-refractivity contribution in [1.82, 2.24) is 5.32 Å². The molecule has 0 aliphatic rings. The number of ether oxygens (including phenoxy) is 1. The number of amides is 1. The second-order valence-corrected chi connectivity index (χ2v) is 5.77. The van der Waals surface area contributed by atoms with E-state index in [0.717, 1.165) is 11.3 Å². The Hall–Kier alpha value is -3.09. The Morgan fingerprint density at radius 2 is 2.00 bits per heavy atom. The Balaban J connectivity index is 2.00. The van der Waals surface area contributed by atoms with Crippen LogP contribution in [0.15, 0.2) is 42.5 Å². The lowest BCUT2D eigenvalue weighted by atomic mass is 10.1. The molecule has 7 heteroatoms. The van der Waals surface area contributed by atoms with Gasteiger partial charge in [0.1, 0.15) is 12.4 Å². The Morgan fingerprint density at radius 1 is 1.24 bits per heavy atom. The minimum atomic E-state index is -0.517. The van der Waals surface area contributed by atoms with E-state index in [1.807, 2.05) is 31.2 Å². The van der Waals surface area contributed by atoms with E-state index in [4.69, 9.17) is 4.74 Å². The maximum atomic E-state index is 12.4. The van der Waals surface area contributed by atoms with Gasteiger partial charge in [-0.15, -0.1) is 0 Å². The van der Waals surface area contributed by atoms with E-state index >= 15 is 0 Å². The number of anilines is 1. The number of nitrogens with one attached hydrogen (secondary N) is 1. The summed E-state index contributed by atoms with van der Waals surface area (Å²) in [6.07, 6.45) is 0. The van der Waals surface area contributed by atoms with Gasteiger partial charge >= 0.3 is 0 Å². The van der Waals surface area contributed by atoms with Crippen LogP contribution in [0, 0.1) is 17.0 Å². The molecule has 0 atom stereocenters. The second-order valence-electron chi connectivity index (χ2n) is 5.77. The van der Waals surface area contributed by atoms with Crippen LogP contribution in [0.5, 0.6) is 5.75 Å². The molecule has 1 amide bonds. The molecule has 25 heavy (non-hydrogen) atoms. The number of aryl methyl sites for hydroxylation is 1. The highest BCUT2D eigenvalue weighted by atomic mass is 16.6. The molecular weight excluding hydrogens is 322 g/mol. The normalized spacial score (nSPS) is 10.2. The molecule has 0 radical (unpaired) electrons. The molecule has 0 aliphatic heterocycles. The predicted molar refractivity (Wildman–Crippen MR) is 96.4 cm³/mol. The summed E-state index contributed by atoms with van der Waals surface area (Å²) in [6, 6.07) is 11.9. The number of non-ortho nitro benzene ring substituents is 1. The SMILES string of the molecule is Cc1cccc(OCCNC(=O)c2cc([N+](=O)[O-])ccc2N(C)C)c1. The zero-order chi connectivity index (χ0) is 18.4. The van der Waals surface area contributed by atoms with Crippen molar-refractivity contribution in [2.45, 2.75) is 6.92 Å². The van der Waals surface area contributed by atoms with Gasteiger partial charge in [0, 0.05) is 31.9 Å². The maximum Gasteiger partial charge on any atom is 0.270 e. The van der Waals surface area contributed by atoms with E-state index in [-0.39, 0.29) is 17.2 Å². The first kappa shape index (κ1) is 18.3. The van der Waals surface area contributed by atoms with Crippen molar-refractivity contribution in [3.8, 4) is 5.75 Å². The highest BCUT2D eigenvalue weighted by Gasteiger charge is 2.17. The number of carbonyl (C=O) groups is 1. The Bertz CT molecular complexity index is 775. The summed E-state index contributed by atoms with van der Waals surface area (Å²) >= 11 is 0. The van der Waals surface area contributed by atoms with Crippen molar-refractivity contribution >= 4 is 17.3 Å². The molecule has 2 rings (SSSR count). The molecule has 0 saturated carbocycles. The summed E-state index contributed by atoms with van der Waals surface area (Å²) in [5, 5.41) is 13.7. The first-order chi connectivity index (χ1) is 11.9. The molecule has 0 spiro atoms. The summed E-state index contributed by atoms with van der Waals surface area (Å²) in [5.74, 6) is 0.360. The zero-order valence-electron chi connectivity index (χ0n) is 14.5. The van der Waals surface area contributed by atoms with Crippen LogP contribution < -0.4 is 15.0 Å². The molecule has 2 aromatic rings. The van der Waals surface area contributed by atoms with Gasteiger partial charge in [-0.2, -0.15) is 0 Å². The zero-order valence-corrected chi connectivity index (χ0v) is 14.5. The lowest BCUT2D eigenvalue weighted by Gasteiger charge is -2.17. The van der Waals surface area contributed by atoms with Crippen molar-refractivity contribution in [3.63, 3.8) is 0 Å². The fraction of sp³-hybridized carbons (Fsp3) is 0.278. The molecule has 7 nitrogen and oxygen atoms in total. The summed E-state index contributed by atoms with van der Waals surface area (Å²) in [6.45, 7) is 2.57. The van der Waals surface area contributed by atoms with Crippen molar-refractivity contribution < 1.29 is 14.5 Å². The number of carbonyl (C=O) groups excluding carboxylic acids is 1. The van der Waals surface area contributed by atoms with Crippen LogP contribution in [0.2, 0.25) is 0 Å². The van der Waals surface area contributed by atoms with E-state index in [1.165, 1.54) is 12.1 Å². The molecule has 0 saturated heterocycles. The predicted octanol–water partition coefficient (Wildman–Crippen LogP) is 2.78. The highest BCUT2D eigenvalue weighted by Crippen LogP contribution is 2.24. The van der Waals surface area contributed by atoms with Crippen molar-refractivity contribution in [3.05, 3.63) is 63.7 Å². The highest BCUT2D eigenvalue weighted by molar-refractivity contribution is 6.00. The van der Waals surface area contributed by atoms with Crippen LogP contribution in [-0.4, -0.2) is 38.1 Å². The fourth-order valence-corrected chi connectivity index (χ4v) is 2.34. The largest absolute Gasteiger partial charge is 0.492 e. The quantitative estimate of drug-likeness (QED) is 0.475. The standard InChI is InChI=1S/C18H21N3O4/c1-13-5-4-6-15(11-13)25-10-9-19-18(22)16-12-14(21(23)24)7-8-17(16)20(2)3/h4-8,11-12H,9-10H2,1-3H3,(H,19,22). The van der Waals surface area contributed by atoms with Gasteiger partial charge in [-0.3, -0.25) is 14.9 Å². The first-order valence-electron chi connectivity index (χ1n) is 7.82. The molecular formula is C18H21N3O4. The van der Waals surface area contributed by atoms with Gasteiger partial charge < -0.3 is 15.0 Å². The number of nitro groups is 1. The first-order valence-corrected chi connectivity index (χ1v) is 7.82. The minimum Gasteiger partial charge on any atom is -0.492 e. The Morgan fingerprint density at radius 3 is 2.64 bits per heavy atom. The van der Waals surface area contributed by atoms with Gasteiger partial charge in [0.2, 0.25) is 0 Å². The Labute approximate surface area is 146 Å². The summed E-state index contributed by atoms with van der Waals surface area (Å²) in [5.41, 5.74) is 1.85. The molecule has 0 bridgehead atoms. The number of nitrogens with zero attached hydrogens (tertiary/aromatic N) is 2. The number of benzene rings is 2. The fourth-order valence-electron chi connectivity index (χ4n) is 2.34. The van der Waals surface area contributed by atoms with Crippen LogP contribution in [0.1, 0.15) is 15.9 Å². The Kier molecular flexibility index (Phi) is 5.94. The van der Waals surface area contributed by atoms with Crippen LogP contribution in [0.4, 0.5) is 11.4 Å². The van der Waals surface area contributed by atoms with Crippen LogP contribution in [0.3, 0.4) is 0 Å². The molecule has 132 valence electrons. The average Bonchev–Trinajstić information content (AvgIpc) is 2.58. The lowest BCUT2D eigenvalue weighted by Crippen LogP contribution is -2.29. The summed E-state index contributed by atoms with van der Waals surface area (Å²) in [7, 11) is 3.55. The summed E-state index contributed by atoms with van der Waals surface area (Å²) in [4.78, 5) is 24.6. The van der Waals surface area contributed by atoms with E-state index in [0.29, 0.717) is 18.8 Å². The van der Waals surface area contributed by atoms with Crippen molar-refractivity contribution in [1.29, 1.82) is 0 Å². The van der Waals surface area contributed by atoms with Gasteiger partial charge in [-0.1, -0.05) is 12.1 Å². The van der Waals surface area contributed by atoms with Crippen LogP contribution >= 0.6 is 0 Å². The van der Waals surface area contributed by atoms with Crippen LogP contribution in [0.25, 0.3) is 0 Å². The minimum absolute atomic E-state index is 0.119. The number of hydrogen-bond acceptors (Lipinski definition) is 5. The third-order valence-corrected chi connectivity index (χ3v) is 3.56. The molecule has 0 aliphatic carbocycles. The molecule has 2 aromatic carbocycles. The van der Waals surface area contributed by atoms with Gasteiger partial charge in [0.15, 0.2) is 0 Å². The lowest BCUT2D eigenvalue weighted by molar-refractivity contribution is -0.384. The molecule has 0 heterocycles. The average molecular weight is 343 g/mol. The van der Waals surface area contributed by atoms with E-state index < -0.39 is 4.92 Å². The van der Waals surface area contributed by atoms with Gasteiger partial charge in [0.05, 0.1) is 17.0 Å². The topological polar surface area (TPSA) is 84.7 Å². The number of rotatable bonds is 7. The molecule has 0 fully saturated rings. The second kappa shape index (κ2) is 8.14. The third-order valence-electron chi connectivity index (χ3n) is 3.56. The number of hydrogen-bond donors (Lipinski definition) is 1. The van der Waals surface area contributed by atoms with Gasteiger partial charge in [-0.05, 0) is 30.7 Å². The third kappa shape index (κ3) is 4.94. The van der Waals surface area contributed by atoms with Crippen LogP contribution in [-0.2, 0) is 0 Å². The van der Waals surface area contributed by atoms with Crippen molar-refractivity contribution in [2.24, 2.45) is 0 Å². The molecule has 0 unspecified atom stereocenters. The molecule has 1 N–H and O–H groups in total. The van der Waals surface area contributed by atoms with Gasteiger partial charge in [0.25, 0.3) is 11.6 Å². The van der Waals surface area contributed by atoms with Crippen molar-refractivity contribution in [2.75, 3.05) is 32.1 Å². The van der Waals surface area contributed by atoms with Gasteiger partial charge in [-0.25, -0.2) is 0 Å². The van der Waals surface area contributed by atoms with E-state index in [2.05, 4.69) is 5.32 Å².